The Morgan fingerprint density at radius 3 is 1.32 bits per heavy atom. The molecular formula is C24H8CuN16. The van der Waals surface area contributed by atoms with Gasteiger partial charge in [-0.05, 0) is 0 Å². The Labute approximate surface area is 236 Å². The molecule has 2 aliphatic rings. The van der Waals surface area contributed by atoms with E-state index in [9.17, 15) is 0 Å². The molecule has 195 valence electrons. The first-order chi connectivity index (χ1) is 19.8. The molecule has 0 atom stereocenters. The molecule has 17 heteroatoms. The number of hydrogen-bond donors (Lipinski definition) is 0. The van der Waals surface area contributed by atoms with Gasteiger partial charge in [0.2, 0.25) is 0 Å². The Balaban J connectivity index is 0.00000256. The van der Waals surface area contributed by atoms with Gasteiger partial charge in [-0.1, -0.05) is 0 Å². The minimum absolute atomic E-state index is 0. The number of hydrogen-bond acceptors (Lipinski definition) is 14. The van der Waals surface area contributed by atoms with E-state index in [1.165, 1.54) is 25.3 Å². The summed E-state index contributed by atoms with van der Waals surface area (Å²) in [5.41, 5.74) is 4.34. The molecule has 0 saturated carbocycles. The molecule has 0 aliphatic carbocycles. The fourth-order valence-corrected chi connectivity index (χ4v) is 4.59. The van der Waals surface area contributed by atoms with E-state index in [1.54, 1.807) is 24.8 Å². The van der Waals surface area contributed by atoms with Gasteiger partial charge in [0.05, 0.1) is 22.7 Å². The maximum absolute atomic E-state index is 4.73. The van der Waals surface area contributed by atoms with Crippen molar-refractivity contribution in [2.75, 3.05) is 0 Å². The average Bonchev–Trinajstić information content (AvgIpc) is 3.73. The molecule has 7 aromatic heterocycles. The molecule has 0 N–H and O–H groups in total. The van der Waals surface area contributed by atoms with E-state index in [-0.39, 0.29) is 17.1 Å². The van der Waals surface area contributed by atoms with E-state index in [4.69, 9.17) is 19.9 Å². The predicted octanol–water partition coefficient (Wildman–Crippen LogP) is 1.28. The quantitative estimate of drug-likeness (QED) is 0.230. The molecule has 0 amide bonds. The van der Waals surface area contributed by atoms with Crippen molar-refractivity contribution in [1.29, 1.82) is 0 Å². The molecule has 1 radical (unpaired) electrons. The van der Waals surface area contributed by atoms with Crippen LogP contribution in [0.15, 0.2) is 50.1 Å². The smallest absolute Gasteiger partial charge is 0.356 e. The van der Waals surface area contributed by atoms with Gasteiger partial charge >= 0.3 is 17.1 Å². The third-order valence-corrected chi connectivity index (χ3v) is 6.35. The molecule has 7 aromatic rings. The standard InChI is InChI=1S/C24H8N16.Cu/c1-9-13(29-5-25-1)21-33-17(9)37-22-14-10(2-26-6-30-14)19(34-22)39-24-16-12(4-28-8-32-16)20(36-24)40-23-15-11(3-27-7-31-15)18(35-23)38-21;/h1-8H;/q-2;+2. The van der Waals surface area contributed by atoms with Crippen LogP contribution in [0.1, 0.15) is 0 Å². The van der Waals surface area contributed by atoms with Gasteiger partial charge in [0.15, 0.2) is 0 Å². The normalized spacial score (nSPS) is 11.7. The van der Waals surface area contributed by atoms with Crippen LogP contribution in [0.3, 0.4) is 0 Å². The summed E-state index contributed by atoms with van der Waals surface area (Å²) in [6.45, 7) is 0. The van der Waals surface area contributed by atoms with Crippen LogP contribution in [0.25, 0.3) is 90.2 Å². The molecule has 16 nitrogen and oxygen atoms in total. The summed E-state index contributed by atoms with van der Waals surface area (Å²) in [5.74, 6) is 1.21. The first kappa shape index (κ1) is 23.1. The fraction of sp³-hybridized carbons (Fsp3) is 0. The summed E-state index contributed by atoms with van der Waals surface area (Å²) in [4.78, 5) is 71.8. The molecule has 0 aromatic carbocycles. The second-order valence-corrected chi connectivity index (χ2v) is 8.62. The zero-order valence-electron chi connectivity index (χ0n) is 20.1. The maximum atomic E-state index is 4.73. The van der Waals surface area contributed by atoms with Crippen LogP contribution >= 0.6 is 0 Å². The summed E-state index contributed by atoms with van der Waals surface area (Å²) in [5, 5.41) is 1.16. The van der Waals surface area contributed by atoms with E-state index in [0.717, 1.165) is 0 Å². The number of fused-ring (bicyclic) bond motifs is 20. The Morgan fingerprint density at radius 2 is 0.829 bits per heavy atom. The minimum atomic E-state index is 0. The molecule has 0 spiro atoms. The largest absolute Gasteiger partial charge is 2.00 e. The second kappa shape index (κ2) is 8.60. The van der Waals surface area contributed by atoms with E-state index in [0.29, 0.717) is 90.2 Å². The van der Waals surface area contributed by atoms with Crippen LogP contribution in [-0.2, 0) is 17.1 Å². The first-order valence-electron chi connectivity index (χ1n) is 11.7. The van der Waals surface area contributed by atoms with Crippen molar-refractivity contribution in [3.05, 3.63) is 50.1 Å². The summed E-state index contributed by atoms with van der Waals surface area (Å²) in [7, 11) is 0. The number of aromatic nitrogens is 16. The number of nitrogens with zero attached hydrogens (tertiary/aromatic N) is 16. The van der Waals surface area contributed by atoms with Crippen LogP contribution in [0.5, 0.6) is 0 Å². The minimum Gasteiger partial charge on any atom is -0.356 e. The number of rotatable bonds is 0. The molecule has 8 bridgehead atoms. The van der Waals surface area contributed by atoms with Crippen LogP contribution in [-0.4, -0.2) is 69.8 Å². The topological polar surface area (TPSA) is 209 Å². The van der Waals surface area contributed by atoms with E-state index in [2.05, 4.69) is 59.8 Å². The maximum Gasteiger partial charge on any atom is 2.00 e. The summed E-state index contributed by atoms with van der Waals surface area (Å²) >= 11 is 0. The molecule has 9 rings (SSSR count). The van der Waals surface area contributed by atoms with Crippen LogP contribution in [0.4, 0.5) is 0 Å². The van der Waals surface area contributed by atoms with Gasteiger partial charge < -0.3 is 29.9 Å². The van der Waals surface area contributed by atoms with Gasteiger partial charge in [0, 0.05) is 69.3 Å². The van der Waals surface area contributed by atoms with Crippen molar-refractivity contribution in [1.82, 2.24) is 79.7 Å². The molecule has 0 unspecified atom stereocenters. The molecular weight excluding hydrogens is 576 g/mol. The van der Waals surface area contributed by atoms with Crippen molar-refractivity contribution < 1.29 is 17.1 Å². The van der Waals surface area contributed by atoms with Crippen LogP contribution in [0, 0.1) is 0 Å². The Hall–Kier alpha value is -5.80. The van der Waals surface area contributed by atoms with E-state index in [1.807, 2.05) is 0 Å². The Kier molecular flexibility index (Phi) is 4.85. The zero-order valence-corrected chi connectivity index (χ0v) is 21.0. The monoisotopic (exact) mass is 583 g/mol. The van der Waals surface area contributed by atoms with Crippen LogP contribution in [0.2, 0.25) is 0 Å². The third-order valence-electron chi connectivity index (χ3n) is 6.35. The first-order valence-corrected chi connectivity index (χ1v) is 11.7. The SMILES string of the molecule is [Cu+2].c1ncc2c(n1)-c1nc-2nc2[n-]c(nc3nc(nc4[n-]c(n1)c1cncnc41)-c1cncnc1-3)c1cncnc21. The molecule has 2 aliphatic heterocycles. The van der Waals surface area contributed by atoms with Crippen molar-refractivity contribution in [2.24, 2.45) is 0 Å². The van der Waals surface area contributed by atoms with Gasteiger partial charge in [0.25, 0.3) is 0 Å². The van der Waals surface area contributed by atoms with Gasteiger partial charge in [-0.3, -0.25) is 0 Å². The zero-order chi connectivity index (χ0) is 26.2. The van der Waals surface area contributed by atoms with Crippen molar-refractivity contribution in [2.45, 2.75) is 0 Å². The van der Waals surface area contributed by atoms with Gasteiger partial charge in [-0.25, -0.2) is 49.8 Å². The van der Waals surface area contributed by atoms with Gasteiger partial charge in [-0.2, -0.15) is 0 Å². The average molecular weight is 584 g/mol. The van der Waals surface area contributed by atoms with Gasteiger partial charge in [0.1, 0.15) is 48.3 Å². The van der Waals surface area contributed by atoms with E-state index >= 15 is 0 Å². The Morgan fingerprint density at radius 1 is 0.415 bits per heavy atom. The van der Waals surface area contributed by atoms with Crippen molar-refractivity contribution in [3.8, 4) is 45.8 Å². The van der Waals surface area contributed by atoms with Gasteiger partial charge in [-0.15, -0.1) is 0 Å². The molecule has 0 fully saturated rings. The third kappa shape index (κ3) is 3.39. The van der Waals surface area contributed by atoms with Crippen LogP contribution < -0.4 is 9.97 Å². The molecule has 0 saturated heterocycles. The fourth-order valence-electron chi connectivity index (χ4n) is 4.59. The summed E-state index contributed by atoms with van der Waals surface area (Å²) in [6, 6.07) is 0. The second-order valence-electron chi connectivity index (χ2n) is 8.62. The molecule has 41 heavy (non-hydrogen) atoms. The van der Waals surface area contributed by atoms with Crippen molar-refractivity contribution in [3.63, 3.8) is 0 Å². The van der Waals surface area contributed by atoms with Crippen molar-refractivity contribution >= 4 is 44.4 Å². The van der Waals surface area contributed by atoms with E-state index < -0.39 is 0 Å². The predicted molar refractivity (Wildman–Crippen MR) is 136 cm³/mol. The molecule has 9 heterocycles. The Bertz CT molecular complexity index is 2040. The summed E-state index contributed by atoms with van der Waals surface area (Å²) in [6.07, 6.45) is 12.2. The summed E-state index contributed by atoms with van der Waals surface area (Å²) < 4.78 is 0.